The predicted octanol–water partition coefficient (Wildman–Crippen LogP) is 3.02. The van der Waals surface area contributed by atoms with E-state index in [0.717, 1.165) is 13.1 Å². The Morgan fingerprint density at radius 1 is 1.16 bits per heavy atom. The first-order chi connectivity index (χ1) is 9.31. The predicted molar refractivity (Wildman–Crippen MR) is 81.3 cm³/mol. The molecule has 1 atom stereocenters. The molecule has 19 heavy (non-hydrogen) atoms. The lowest BCUT2D eigenvalue weighted by Gasteiger charge is -2.21. The van der Waals surface area contributed by atoms with E-state index in [1.54, 1.807) is 0 Å². The summed E-state index contributed by atoms with van der Waals surface area (Å²) in [5.74, 6) is 0. The van der Waals surface area contributed by atoms with Crippen LogP contribution in [0, 0.1) is 0 Å². The molecule has 0 amide bonds. The summed E-state index contributed by atoms with van der Waals surface area (Å²) in [6, 6.07) is 16.0. The average molecular weight is 254 g/mol. The fourth-order valence-corrected chi connectivity index (χ4v) is 3.00. The molecular formula is C17H22N2. The van der Waals surface area contributed by atoms with Crippen LogP contribution in [-0.2, 0) is 6.54 Å². The Balaban J connectivity index is 1.66. The third-order valence-corrected chi connectivity index (χ3v) is 3.96. The monoisotopic (exact) mass is 254 g/mol. The molecule has 0 aliphatic carbocycles. The quantitative estimate of drug-likeness (QED) is 0.902. The highest BCUT2D eigenvalue weighted by atomic mass is 15.1. The molecule has 0 bridgehead atoms. The molecule has 1 aliphatic rings. The van der Waals surface area contributed by atoms with Gasteiger partial charge in [0.05, 0.1) is 0 Å². The standard InChI is InChI=1S/C17H22N2/c1-19(13-17-7-4-10-18-17)12-14-8-9-15-5-2-3-6-16(15)11-14/h2-3,5-6,8-9,11,17-18H,4,7,10,12-13H2,1H3. The second-order valence-electron chi connectivity index (χ2n) is 5.67. The second-order valence-corrected chi connectivity index (χ2v) is 5.67. The SMILES string of the molecule is CN(Cc1ccc2ccccc2c1)CC1CCCN1. The molecule has 100 valence electrons. The number of rotatable bonds is 4. The van der Waals surface area contributed by atoms with Crippen molar-refractivity contribution < 1.29 is 0 Å². The zero-order valence-electron chi connectivity index (χ0n) is 11.6. The van der Waals surface area contributed by atoms with E-state index in [4.69, 9.17) is 0 Å². The first-order valence-electron chi connectivity index (χ1n) is 7.21. The summed E-state index contributed by atoms with van der Waals surface area (Å²) in [5.41, 5.74) is 1.40. The van der Waals surface area contributed by atoms with Crippen LogP contribution in [0.5, 0.6) is 0 Å². The minimum Gasteiger partial charge on any atom is -0.313 e. The van der Waals surface area contributed by atoms with Gasteiger partial charge in [0.2, 0.25) is 0 Å². The van der Waals surface area contributed by atoms with Gasteiger partial charge in [-0.3, -0.25) is 0 Å². The van der Waals surface area contributed by atoms with Gasteiger partial charge in [-0.25, -0.2) is 0 Å². The van der Waals surface area contributed by atoms with Crippen molar-refractivity contribution in [3.63, 3.8) is 0 Å². The van der Waals surface area contributed by atoms with Crippen molar-refractivity contribution in [1.82, 2.24) is 10.2 Å². The average Bonchev–Trinajstić information content (AvgIpc) is 2.91. The van der Waals surface area contributed by atoms with Crippen molar-refractivity contribution in [2.75, 3.05) is 20.1 Å². The van der Waals surface area contributed by atoms with Gasteiger partial charge in [-0.05, 0) is 48.8 Å². The normalized spacial score (nSPS) is 19.4. The molecule has 1 N–H and O–H groups in total. The van der Waals surface area contributed by atoms with Gasteiger partial charge in [0.1, 0.15) is 0 Å². The van der Waals surface area contributed by atoms with Crippen LogP contribution in [0.3, 0.4) is 0 Å². The highest BCUT2D eigenvalue weighted by Gasteiger charge is 2.15. The smallest absolute Gasteiger partial charge is 0.0231 e. The summed E-state index contributed by atoms with van der Waals surface area (Å²) in [7, 11) is 2.22. The summed E-state index contributed by atoms with van der Waals surface area (Å²) in [5, 5.41) is 6.23. The van der Waals surface area contributed by atoms with Crippen molar-refractivity contribution in [3.05, 3.63) is 48.0 Å². The van der Waals surface area contributed by atoms with Crippen LogP contribution < -0.4 is 5.32 Å². The molecule has 0 spiro atoms. The molecule has 0 saturated carbocycles. The van der Waals surface area contributed by atoms with Crippen LogP contribution >= 0.6 is 0 Å². The van der Waals surface area contributed by atoms with Crippen molar-refractivity contribution in [3.8, 4) is 0 Å². The first kappa shape index (κ1) is 12.6. The number of fused-ring (bicyclic) bond motifs is 1. The molecule has 1 aliphatic heterocycles. The van der Waals surface area contributed by atoms with Crippen LogP contribution in [-0.4, -0.2) is 31.1 Å². The minimum absolute atomic E-state index is 0.686. The molecule has 2 nitrogen and oxygen atoms in total. The van der Waals surface area contributed by atoms with Gasteiger partial charge in [-0.1, -0.05) is 36.4 Å². The molecule has 1 fully saturated rings. The van der Waals surface area contributed by atoms with Crippen LogP contribution in [0.1, 0.15) is 18.4 Å². The van der Waals surface area contributed by atoms with Gasteiger partial charge in [0, 0.05) is 19.1 Å². The van der Waals surface area contributed by atoms with Crippen molar-refractivity contribution >= 4 is 10.8 Å². The summed E-state index contributed by atoms with van der Waals surface area (Å²) in [4.78, 5) is 2.42. The summed E-state index contributed by atoms with van der Waals surface area (Å²) in [6.07, 6.45) is 2.65. The Hall–Kier alpha value is -1.38. The molecule has 1 unspecified atom stereocenters. The van der Waals surface area contributed by atoms with Crippen molar-refractivity contribution in [1.29, 1.82) is 0 Å². The molecule has 0 aromatic heterocycles. The lowest BCUT2D eigenvalue weighted by atomic mass is 10.1. The molecule has 3 rings (SSSR count). The fraction of sp³-hybridized carbons (Fsp3) is 0.412. The van der Waals surface area contributed by atoms with Gasteiger partial charge in [0.25, 0.3) is 0 Å². The number of likely N-dealkylation sites (N-methyl/N-ethyl adjacent to an activating group) is 1. The maximum absolute atomic E-state index is 3.56. The second kappa shape index (κ2) is 5.72. The topological polar surface area (TPSA) is 15.3 Å². The highest BCUT2D eigenvalue weighted by molar-refractivity contribution is 5.82. The number of benzene rings is 2. The third-order valence-electron chi connectivity index (χ3n) is 3.96. The lowest BCUT2D eigenvalue weighted by Crippen LogP contribution is -2.34. The Kier molecular flexibility index (Phi) is 3.81. The van der Waals surface area contributed by atoms with E-state index in [1.807, 2.05) is 0 Å². The van der Waals surface area contributed by atoms with E-state index < -0.39 is 0 Å². The van der Waals surface area contributed by atoms with E-state index in [2.05, 4.69) is 59.7 Å². The third kappa shape index (κ3) is 3.14. The lowest BCUT2D eigenvalue weighted by molar-refractivity contribution is 0.293. The molecule has 2 aromatic rings. The zero-order chi connectivity index (χ0) is 13.1. The van der Waals surface area contributed by atoms with E-state index in [-0.39, 0.29) is 0 Å². The minimum atomic E-state index is 0.686. The van der Waals surface area contributed by atoms with Crippen molar-refractivity contribution in [2.24, 2.45) is 0 Å². The largest absolute Gasteiger partial charge is 0.313 e. The maximum atomic E-state index is 3.56. The molecule has 2 heteroatoms. The van der Waals surface area contributed by atoms with E-state index in [1.165, 1.54) is 35.7 Å². The number of hydrogen-bond donors (Lipinski definition) is 1. The highest BCUT2D eigenvalue weighted by Crippen LogP contribution is 2.17. The molecular weight excluding hydrogens is 232 g/mol. The van der Waals surface area contributed by atoms with Crippen LogP contribution in [0.25, 0.3) is 10.8 Å². The molecule has 0 radical (unpaired) electrons. The van der Waals surface area contributed by atoms with E-state index in [0.29, 0.717) is 6.04 Å². The van der Waals surface area contributed by atoms with E-state index >= 15 is 0 Å². The maximum Gasteiger partial charge on any atom is 0.0231 e. The first-order valence-corrected chi connectivity index (χ1v) is 7.21. The van der Waals surface area contributed by atoms with Gasteiger partial charge in [-0.2, -0.15) is 0 Å². The molecule has 1 saturated heterocycles. The Morgan fingerprint density at radius 3 is 2.79 bits per heavy atom. The molecule has 1 heterocycles. The molecule has 2 aromatic carbocycles. The van der Waals surface area contributed by atoms with Crippen LogP contribution in [0.4, 0.5) is 0 Å². The van der Waals surface area contributed by atoms with Crippen molar-refractivity contribution in [2.45, 2.75) is 25.4 Å². The number of nitrogens with one attached hydrogen (secondary N) is 1. The Bertz CT molecular complexity index is 544. The zero-order valence-corrected chi connectivity index (χ0v) is 11.6. The Labute approximate surface area is 115 Å². The summed E-state index contributed by atoms with van der Waals surface area (Å²) >= 11 is 0. The van der Waals surface area contributed by atoms with Gasteiger partial charge < -0.3 is 10.2 Å². The summed E-state index contributed by atoms with van der Waals surface area (Å²) in [6.45, 7) is 3.37. The van der Waals surface area contributed by atoms with Gasteiger partial charge >= 0.3 is 0 Å². The fourth-order valence-electron chi connectivity index (χ4n) is 3.00. The summed E-state index contributed by atoms with van der Waals surface area (Å²) < 4.78 is 0. The van der Waals surface area contributed by atoms with Crippen LogP contribution in [0.15, 0.2) is 42.5 Å². The Morgan fingerprint density at radius 2 is 2.00 bits per heavy atom. The van der Waals surface area contributed by atoms with E-state index in [9.17, 15) is 0 Å². The number of hydrogen-bond acceptors (Lipinski definition) is 2. The van der Waals surface area contributed by atoms with Crippen LogP contribution in [0.2, 0.25) is 0 Å². The number of nitrogens with zero attached hydrogens (tertiary/aromatic N) is 1. The van der Waals surface area contributed by atoms with Gasteiger partial charge in [0.15, 0.2) is 0 Å². The van der Waals surface area contributed by atoms with Gasteiger partial charge in [-0.15, -0.1) is 0 Å².